The van der Waals surface area contributed by atoms with Crippen LogP contribution in [-0.4, -0.2) is 7.05 Å². The van der Waals surface area contributed by atoms with Crippen molar-refractivity contribution >= 4 is 15.9 Å². The fourth-order valence-electron chi connectivity index (χ4n) is 2.38. The molecule has 0 saturated heterocycles. The van der Waals surface area contributed by atoms with Crippen molar-refractivity contribution in [2.75, 3.05) is 7.05 Å². The van der Waals surface area contributed by atoms with Gasteiger partial charge in [-0.05, 0) is 55.8 Å². The van der Waals surface area contributed by atoms with Crippen molar-refractivity contribution in [1.29, 1.82) is 0 Å². The largest absolute Gasteiger partial charge is 0.488 e. The maximum Gasteiger partial charge on any atom is 0.129 e. The van der Waals surface area contributed by atoms with Gasteiger partial charge in [0.1, 0.15) is 18.2 Å². The van der Waals surface area contributed by atoms with Crippen LogP contribution in [0.25, 0.3) is 0 Å². The Morgan fingerprint density at radius 3 is 2.43 bits per heavy atom. The second-order valence-electron chi connectivity index (χ2n) is 5.11. The summed E-state index contributed by atoms with van der Waals surface area (Å²) in [6.45, 7) is 5.07. The molecule has 21 heavy (non-hydrogen) atoms. The smallest absolute Gasteiger partial charge is 0.129 e. The molecule has 1 N–H and O–H groups in total. The summed E-state index contributed by atoms with van der Waals surface area (Å²) in [5, 5.41) is 3.13. The summed E-state index contributed by atoms with van der Waals surface area (Å²) in [7, 11) is 1.92. The Balaban J connectivity index is 2.18. The Morgan fingerprint density at radius 2 is 1.81 bits per heavy atom. The van der Waals surface area contributed by atoms with Gasteiger partial charge in [0.05, 0.1) is 0 Å². The molecule has 2 aromatic rings. The van der Waals surface area contributed by atoms with Crippen molar-refractivity contribution in [2.45, 2.75) is 27.0 Å². The minimum atomic E-state index is -0.250. The molecule has 0 radical (unpaired) electrons. The Hall–Kier alpha value is -1.39. The van der Waals surface area contributed by atoms with E-state index < -0.39 is 0 Å². The maximum atomic E-state index is 13.7. The number of ether oxygens (including phenoxy) is 1. The molecule has 2 nitrogen and oxygen atoms in total. The molecule has 4 heteroatoms. The Labute approximate surface area is 133 Å². The zero-order valence-corrected chi connectivity index (χ0v) is 14.1. The fourth-order valence-corrected chi connectivity index (χ4v) is 2.79. The number of halogens is 2. The van der Waals surface area contributed by atoms with E-state index in [1.807, 2.05) is 20.9 Å². The summed E-state index contributed by atoms with van der Waals surface area (Å²) in [5.74, 6) is 0.578. The lowest BCUT2D eigenvalue weighted by Gasteiger charge is -2.14. The van der Waals surface area contributed by atoms with Crippen LogP contribution < -0.4 is 10.1 Å². The van der Waals surface area contributed by atoms with E-state index in [1.54, 1.807) is 12.1 Å². The lowest BCUT2D eigenvalue weighted by molar-refractivity contribution is 0.295. The Kier molecular flexibility index (Phi) is 5.37. The zero-order valence-electron chi connectivity index (χ0n) is 12.5. The van der Waals surface area contributed by atoms with E-state index in [1.165, 1.54) is 11.6 Å². The van der Waals surface area contributed by atoms with Gasteiger partial charge >= 0.3 is 0 Å². The van der Waals surface area contributed by atoms with Crippen LogP contribution in [0.4, 0.5) is 4.39 Å². The Bertz CT molecular complexity index is 620. The number of nitrogens with one attached hydrogen (secondary N) is 1. The monoisotopic (exact) mass is 351 g/mol. The summed E-state index contributed by atoms with van der Waals surface area (Å²) in [5.41, 5.74) is 3.89. The summed E-state index contributed by atoms with van der Waals surface area (Å²) in [6.07, 6.45) is 0. The molecule has 0 bridgehead atoms. The minimum absolute atomic E-state index is 0.221. The van der Waals surface area contributed by atoms with Gasteiger partial charge in [-0.15, -0.1) is 0 Å². The van der Waals surface area contributed by atoms with E-state index in [0.29, 0.717) is 5.56 Å². The van der Waals surface area contributed by atoms with Crippen molar-refractivity contribution in [1.82, 2.24) is 5.32 Å². The van der Waals surface area contributed by atoms with Crippen LogP contribution in [0.15, 0.2) is 34.8 Å². The highest BCUT2D eigenvalue weighted by molar-refractivity contribution is 9.10. The molecule has 112 valence electrons. The molecule has 2 aromatic carbocycles. The summed E-state index contributed by atoms with van der Waals surface area (Å²) < 4.78 is 20.4. The molecule has 0 saturated carbocycles. The number of hydrogen-bond acceptors (Lipinski definition) is 2. The third-order valence-electron chi connectivity index (χ3n) is 3.28. The molecule has 2 rings (SSSR count). The van der Waals surface area contributed by atoms with Gasteiger partial charge in [0, 0.05) is 16.6 Å². The first kappa shape index (κ1) is 16.0. The van der Waals surface area contributed by atoms with E-state index in [0.717, 1.165) is 27.9 Å². The van der Waals surface area contributed by atoms with Crippen LogP contribution in [-0.2, 0) is 13.2 Å². The lowest BCUT2D eigenvalue weighted by Crippen LogP contribution is -2.07. The maximum absolute atomic E-state index is 13.7. The number of hydrogen-bond donors (Lipinski definition) is 1. The lowest BCUT2D eigenvalue weighted by atomic mass is 10.1. The van der Waals surface area contributed by atoms with Gasteiger partial charge in [0.25, 0.3) is 0 Å². The molecule has 0 amide bonds. The SMILES string of the molecule is CNCc1cc(C)c(OCc2cc(Br)ccc2F)c(C)c1. The standard InChI is InChI=1S/C17H19BrFNO/c1-11-6-13(9-20-3)7-12(2)17(11)21-10-14-8-15(18)4-5-16(14)19/h4-8,20H,9-10H2,1-3H3. The Morgan fingerprint density at radius 1 is 1.14 bits per heavy atom. The molecular formula is C17H19BrFNO. The molecule has 0 heterocycles. The van der Waals surface area contributed by atoms with Crippen LogP contribution in [0.2, 0.25) is 0 Å². The highest BCUT2D eigenvalue weighted by atomic mass is 79.9. The van der Waals surface area contributed by atoms with Crippen LogP contribution in [0.1, 0.15) is 22.3 Å². The zero-order chi connectivity index (χ0) is 15.4. The van der Waals surface area contributed by atoms with Crippen LogP contribution in [0.5, 0.6) is 5.75 Å². The van der Waals surface area contributed by atoms with E-state index in [-0.39, 0.29) is 12.4 Å². The van der Waals surface area contributed by atoms with Gasteiger partial charge in [-0.3, -0.25) is 0 Å². The molecule has 0 atom stereocenters. The molecule has 0 spiro atoms. The van der Waals surface area contributed by atoms with Gasteiger partial charge in [-0.25, -0.2) is 4.39 Å². The molecule has 0 aliphatic rings. The minimum Gasteiger partial charge on any atom is -0.488 e. The second kappa shape index (κ2) is 7.05. The van der Waals surface area contributed by atoms with Crippen LogP contribution >= 0.6 is 15.9 Å². The average Bonchev–Trinajstić information content (AvgIpc) is 2.42. The molecule has 0 fully saturated rings. The summed E-state index contributed by atoms with van der Waals surface area (Å²) in [4.78, 5) is 0. The predicted octanol–water partition coefficient (Wildman–Crippen LogP) is 4.50. The third-order valence-corrected chi connectivity index (χ3v) is 3.77. The van der Waals surface area contributed by atoms with Gasteiger partial charge in [0.2, 0.25) is 0 Å². The quantitative estimate of drug-likeness (QED) is 0.855. The first-order chi connectivity index (χ1) is 10.0. The second-order valence-corrected chi connectivity index (χ2v) is 6.03. The van der Waals surface area contributed by atoms with Crippen molar-refractivity contribution in [3.63, 3.8) is 0 Å². The van der Waals surface area contributed by atoms with E-state index in [2.05, 4.69) is 33.4 Å². The summed E-state index contributed by atoms with van der Waals surface area (Å²) in [6, 6.07) is 9.06. The highest BCUT2D eigenvalue weighted by Gasteiger charge is 2.09. The topological polar surface area (TPSA) is 21.3 Å². The number of rotatable bonds is 5. The molecule has 0 aromatic heterocycles. The third kappa shape index (κ3) is 4.05. The van der Waals surface area contributed by atoms with Crippen molar-refractivity contribution in [3.05, 3.63) is 62.9 Å². The first-order valence-corrected chi connectivity index (χ1v) is 7.62. The van der Waals surface area contributed by atoms with Crippen molar-refractivity contribution in [2.24, 2.45) is 0 Å². The molecule has 0 unspecified atom stereocenters. The normalized spacial score (nSPS) is 10.7. The first-order valence-electron chi connectivity index (χ1n) is 6.82. The van der Waals surface area contributed by atoms with E-state index in [4.69, 9.17) is 4.74 Å². The van der Waals surface area contributed by atoms with E-state index >= 15 is 0 Å². The van der Waals surface area contributed by atoms with Crippen LogP contribution in [0, 0.1) is 19.7 Å². The van der Waals surface area contributed by atoms with E-state index in [9.17, 15) is 4.39 Å². The van der Waals surface area contributed by atoms with Crippen molar-refractivity contribution in [3.8, 4) is 5.75 Å². The molecule has 0 aliphatic carbocycles. The number of benzene rings is 2. The van der Waals surface area contributed by atoms with Gasteiger partial charge < -0.3 is 10.1 Å². The average molecular weight is 352 g/mol. The molecular weight excluding hydrogens is 333 g/mol. The number of aryl methyl sites for hydroxylation is 2. The van der Waals surface area contributed by atoms with Gasteiger partial charge in [-0.2, -0.15) is 0 Å². The fraction of sp³-hybridized carbons (Fsp3) is 0.294. The highest BCUT2D eigenvalue weighted by Crippen LogP contribution is 2.26. The molecule has 0 aliphatic heterocycles. The van der Waals surface area contributed by atoms with Crippen molar-refractivity contribution < 1.29 is 9.13 Å². The van der Waals surface area contributed by atoms with Gasteiger partial charge in [-0.1, -0.05) is 28.1 Å². The van der Waals surface area contributed by atoms with Gasteiger partial charge in [0.15, 0.2) is 0 Å². The summed E-state index contributed by atoms with van der Waals surface area (Å²) >= 11 is 3.35. The van der Waals surface area contributed by atoms with Crippen LogP contribution in [0.3, 0.4) is 0 Å². The predicted molar refractivity (Wildman–Crippen MR) is 87.1 cm³/mol.